The van der Waals surface area contributed by atoms with Crippen LogP contribution in [-0.4, -0.2) is 17.9 Å². The Hall–Kier alpha value is -4.11. The normalized spacial score (nSPS) is 12.0. The summed E-state index contributed by atoms with van der Waals surface area (Å²) >= 11 is 0. The Balaban J connectivity index is 1.88. The first-order valence-corrected chi connectivity index (χ1v) is 12.6. The highest BCUT2D eigenvalue weighted by Gasteiger charge is 2.31. The van der Waals surface area contributed by atoms with Crippen LogP contribution >= 0.6 is 0 Å². The number of aromatic hydroxyl groups is 1. The maximum absolute atomic E-state index is 11.6. The minimum atomic E-state index is -0.429. The highest BCUT2D eigenvalue weighted by atomic mass is 16.5. The molecule has 0 aromatic heterocycles. The Bertz CT molecular complexity index is 1390. The Morgan fingerprint density at radius 2 is 1.32 bits per heavy atom. The van der Waals surface area contributed by atoms with E-state index in [1.165, 1.54) is 5.56 Å². The first kappa shape index (κ1) is 26.0. The highest BCUT2D eigenvalue weighted by molar-refractivity contribution is 5.87. The maximum Gasteiger partial charge on any atom is 0.145 e. The minimum absolute atomic E-state index is 0.231. The fourth-order valence-corrected chi connectivity index (χ4v) is 4.60. The maximum atomic E-state index is 11.6. The predicted octanol–water partition coefficient (Wildman–Crippen LogP) is 8.36. The molecule has 0 radical (unpaired) electrons. The minimum Gasteiger partial charge on any atom is -0.507 e. The van der Waals surface area contributed by atoms with Crippen molar-refractivity contribution in [3.05, 3.63) is 138 Å². The van der Waals surface area contributed by atoms with E-state index in [2.05, 4.69) is 76.7 Å². The summed E-state index contributed by atoms with van der Waals surface area (Å²) in [5, 5.41) is 11.6. The molecule has 4 rings (SSSR count). The lowest BCUT2D eigenvalue weighted by atomic mass is 9.72. The molecule has 0 aliphatic heterocycles. The van der Waals surface area contributed by atoms with E-state index in [-0.39, 0.29) is 11.2 Å². The third-order valence-electron chi connectivity index (χ3n) is 7.09. The van der Waals surface area contributed by atoms with Crippen LogP contribution in [0.1, 0.15) is 55.5 Å². The number of rotatable bonds is 9. The van der Waals surface area contributed by atoms with Gasteiger partial charge in [0.25, 0.3) is 0 Å². The molecule has 4 aromatic carbocycles. The molecular weight excluding hydrogens is 454 g/mol. The summed E-state index contributed by atoms with van der Waals surface area (Å²) in [6, 6.07) is 32.6. The van der Waals surface area contributed by atoms with Crippen LogP contribution in [0.2, 0.25) is 0 Å². The van der Waals surface area contributed by atoms with Gasteiger partial charge in [-0.3, -0.25) is 4.99 Å². The topological polar surface area (TPSA) is 41.8 Å². The van der Waals surface area contributed by atoms with Gasteiger partial charge in [0.2, 0.25) is 0 Å². The number of nitrogens with zero attached hydrogens (tertiary/aromatic N) is 1. The molecule has 0 aliphatic carbocycles. The fourth-order valence-electron chi connectivity index (χ4n) is 4.60. The standard InChI is InChI=1S/C34H35NO2/c1-6-21-37-31-20-14-13-19-30(31)35-24-25-22-28(33(2,3)26-15-9-7-10-16-26)23-29(32(25)36)34(4,5)27-17-11-8-12-18-27/h6-20,22-24,36H,1,21H2,2-5H3. The van der Waals surface area contributed by atoms with Crippen molar-refractivity contribution in [3.63, 3.8) is 0 Å². The van der Waals surface area contributed by atoms with E-state index < -0.39 is 5.41 Å². The van der Waals surface area contributed by atoms with E-state index in [1.54, 1.807) is 12.3 Å². The van der Waals surface area contributed by atoms with Crippen molar-refractivity contribution >= 4 is 11.9 Å². The molecule has 0 atom stereocenters. The number of phenolic OH excluding ortho intramolecular Hbond substituents is 1. The summed E-state index contributed by atoms with van der Waals surface area (Å²) in [6.07, 6.45) is 3.44. The number of ether oxygens (including phenoxy) is 1. The van der Waals surface area contributed by atoms with Gasteiger partial charge in [-0.1, -0.05) is 119 Å². The van der Waals surface area contributed by atoms with Crippen molar-refractivity contribution in [1.82, 2.24) is 0 Å². The van der Waals surface area contributed by atoms with Gasteiger partial charge in [-0.2, -0.15) is 0 Å². The predicted molar refractivity (Wildman–Crippen MR) is 155 cm³/mol. The zero-order chi connectivity index (χ0) is 26.5. The second-order valence-corrected chi connectivity index (χ2v) is 10.3. The molecule has 0 heterocycles. The van der Waals surface area contributed by atoms with Crippen LogP contribution in [0.3, 0.4) is 0 Å². The molecule has 3 nitrogen and oxygen atoms in total. The average molecular weight is 490 g/mol. The van der Waals surface area contributed by atoms with Gasteiger partial charge in [0.05, 0.1) is 0 Å². The second-order valence-electron chi connectivity index (χ2n) is 10.3. The summed E-state index contributed by atoms with van der Waals surface area (Å²) in [5.74, 6) is 0.901. The van der Waals surface area contributed by atoms with Crippen molar-refractivity contribution in [2.45, 2.75) is 38.5 Å². The summed E-state index contributed by atoms with van der Waals surface area (Å²) < 4.78 is 5.78. The molecule has 1 N–H and O–H groups in total. The Morgan fingerprint density at radius 3 is 1.95 bits per heavy atom. The zero-order valence-corrected chi connectivity index (χ0v) is 22.1. The van der Waals surface area contributed by atoms with Gasteiger partial charge < -0.3 is 9.84 Å². The summed E-state index contributed by atoms with van der Waals surface area (Å²) in [7, 11) is 0. The number of hydrogen-bond acceptors (Lipinski definition) is 3. The van der Waals surface area contributed by atoms with Gasteiger partial charge in [-0.25, -0.2) is 0 Å². The first-order chi connectivity index (χ1) is 17.7. The molecular formula is C34H35NO2. The lowest BCUT2D eigenvalue weighted by Crippen LogP contribution is -2.24. The van der Waals surface area contributed by atoms with Crippen LogP contribution in [0.5, 0.6) is 11.5 Å². The Labute approximate surface area is 220 Å². The van der Waals surface area contributed by atoms with Crippen LogP contribution in [0, 0.1) is 0 Å². The number of aliphatic imine (C=N–C) groups is 1. The van der Waals surface area contributed by atoms with Crippen LogP contribution in [0.4, 0.5) is 5.69 Å². The molecule has 3 heteroatoms. The second kappa shape index (κ2) is 10.9. The van der Waals surface area contributed by atoms with Gasteiger partial charge >= 0.3 is 0 Å². The summed E-state index contributed by atoms with van der Waals surface area (Å²) in [6.45, 7) is 12.9. The van der Waals surface area contributed by atoms with Gasteiger partial charge in [-0.15, -0.1) is 0 Å². The lowest BCUT2D eigenvalue weighted by Gasteiger charge is -2.32. The third-order valence-corrected chi connectivity index (χ3v) is 7.09. The SMILES string of the molecule is C=CCOc1ccccc1N=Cc1cc(C(C)(C)c2ccccc2)cc(C(C)(C)c2ccccc2)c1O. The molecule has 0 fully saturated rings. The summed E-state index contributed by atoms with van der Waals surface area (Å²) in [4.78, 5) is 4.74. The van der Waals surface area contributed by atoms with Crippen LogP contribution in [0.25, 0.3) is 0 Å². The lowest BCUT2D eigenvalue weighted by molar-refractivity contribution is 0.364. The van der Waals surface area contributed by atoms with Crippen LogP contribution in [0.15, 0.2) is 115 Å². The first-order valence-electron chi connectivity index (χ1n) is 12.6. The van der Waals surface area contributed by atoms with E-state index >= 15 is 0 Å². The van der Waals surface area contributed by atoms with Gasteiger partial charge in [0, 0.05) is 28.2 Å². The van der Waals surface area contributed by atoms with Gasteiger partial charge in [0.15, 0.2) is 0 Å². The molecule has 0 spiro atoms. The number of hydrogen-bond donors (Lipinski definition) is 1. The molecule has 0 saturated heterocycles. The molecule has 188 valence electrons. The zero-order valence-electron chi connectivity index (χ0n) is 22.1. The Kier molecular flexibility index (Phi) is 7.63. The van der Waals surface area contributed by atoms with E-state index in [1.807, 2.05) is 54.6 Å². The quantitative estimate of drug-likeness (QED) is 0.190. The van der Waals surface area contributed by atoms with Crippen molar-refractivity contribution in [1.29, 1.82) is 0 Å². The van der Waals surface area contributed by atoms with Crippen molar-refractivity contribution in [2.24, 2.45) is 4.99 Å². The molecule has 0 saturated carbocycles. The van der Waals surface area contributed by atoms with Crippen LogP contribution < -0.4 is 4.74 Å². The molecule has 0 bridgehead atoms. The van der Waals surface area contributed by atoms with Gasteiger partial charge in [0.1, 0.15) is 23.8 Å². The van der Waals surface area contributed by atoms with E-state index in [0.717, 1.165) is 16.7 Å². The average Bonchev–Trinajstić information content (AvgIpc) is 2.92. The Morgan fingerprint density at radius 1 is 0.757 bits per heavy atom. The molecule has 4 aromatic rings. The fraction of sp³-hybridized carbons (Fsp3) is 0.206. The monoisotopic (exact) mass is 489 g/mol. The molecule has 0 unspecified atom stereocenters. The summed E-state index contributed by atoms with van der Waals surface area (Å²) in [5.41, 5.74) is 4.94. The largest absolute Gasteiger partial charge is 0.507 e. The number of benzene rings is 4. The van der Waals surface area contributed by atoms with Crippen LogP contribution in [-0.2, 0) is 10.8 Å². The van der Waals surface area contributed by atoms with E-state index in [4.69, 9.17) is 9.73 Å². The third kappa shape index (κ3) is 5.51. The van der Waals surface area contributed by atoms with E-state index in [9.17, 15) is 5.11 Å². The van der Waals surface area contributed by atoms with Crippen molar-refractivity contribution in [3.8, 4) is 11.5 Å². The number of para-hydroxylation sites is 2. The van der Waals surface area contributed by atoms with Crippen molar-refractivity contribution in [2.75, 3.05) is 6.61 Å². The smallest absolute Gasteiger partial charge is 0.145 e. The molecule has 0 amide bonds. The van der Waals surface area contributed by atoms with E-state index in [0.29, 0.717) is 23.6 Å². The highest BCUT2D eigenvalue weighted by Crippen LogP contribution is 2.42. The van der Waals surface area contributed by atoms with Crippen molar-refractivity contribution < 1.29 is 9.84 Å². The van der Waals surface area contributed by atoms with Gasteiger partial charge in [-0.05, 0) is 34.9 Å². The molecule has 0 aliphatic rings. The number of phenols is 1. The molecule has 37 heavy (non-hydrogen) atoms.